The Balaban J connectivity index is 0.000000201. The van der Waals surface area contributed by atoms with Gasteiger partial charge in [0.25, 0.3) is 11.8 Å². The van der Waals surface area contributed by atoms with Crippen molar-refractivity contribution >= 4 is 68.4 Å². The Labute approximate surface area is 361 Å². The predicted molar refractivity (Wildman–Crippen MR) is 240 cm³/mol. The second-order valence-corrected chi connectivity index (χ2v) is 16.3. The van der Waals surface area contributed by atoms with Gasteiger partial charge in [-0.05, 0) is 107 Å². The Hall–Kier alpha value is -6.63. The number of fused-ring (bicyclic) bond motifs is 3. The Kier molecular flexibility index (Phi) is 14.2. The lowest BCUT2D eigenvalue weighted by molar-refractivity contribution is -0.145. The van der Waals surface area contributed by atoms with E-state index in [4.69, 9.17) is 19.9 Å². The third-order valence-corrected chi connectivity index (χ3v) is 12.2. The number of hydrogen-bond donors (Lipinski definition) is 5. The minimum Gasteiger partial charge on any atom is -0.493 e. The van der Waals surface area contributed by atoms with Gasteiger partial charge in [-0.25, -0.2) is 14.4 Å². The largest absolute Gasteiger partial charge is 0.493 e. The number of esters is 2. The molecule has 1 aliphatic heterocycles. The van der Waals surface area contributed by atoms with Crippen LogP contribution in [0, 0.1) is 11.8 Å². The van der Waals surface area contributed by atoms with Crippen molar-refractivity contribution in [3.63, 3.8) is 0 Å². The van der Waals surface area contributed by atoms with Gasteiger partial charge in [-0.2, -0.15) is 0 Å². The molecule has 6 N–H and O–H groups in total. The van der Waals surface area contributed by atoms with Gasteiger partial charge >= 0.3 is 18.0 Å². The first kappa shape index (κ1) is 43.5. The summed E-state index contributed by atoms with van der Waals surface area (Å²) < 4.78 is 15.5. The molecule has 0 spiro atoms. The Morgan fingerprint density at radius 1 is 0.613 bits per heavy atom. The average Bonchev–Trinajstić information content (AvgIpc) is 3.78. The number of nitrogens with two attached hydrogens (primary N) is 1. The van der Waals surface area contributed by atoms with Crippen molar-refractivity contribution in [1.29, 1.82) is 0 Å². The van der Waals surface area contributed by atoms with Crippen molar-refractivity contribution in [2.75, 3.05) is 37.2 Å². The summed E-state index contributed by atoms with van der Waals surface area (Å²) in [6.07, 6.45) is 10.9. The van der Waals surface area contributed by atoms with Gasteiger partial charge in [0.2, 0.25) is 0 Å². The second-order valence-electron chi connectivity index (χ2n) is 16.3. The molecule has 2 atom stereocenters. The number of rotatable bonds is 10. The monoisotopic (exact) mass is 841 g/mol. The van der Waals surface area contributed by atoms with Crippen LogP contribution in [0.1, 0.15) is 90.5 Å². The van der Waals surface area contributed by atoms with Crippen molar-refractivity contribution in [2.24, 2.45) is 11.8 Å². The smallest absolute Gasteiger partial charge is 0.328 e. The summed E-state index contributed by atoms with van der Waals surface area (Å²) in [4.78, 5) is 64.1. The molecule has 2 saturated carbocycles. The molecule has 0 bridgehead atoms. The third-order valence-electron chi connectivity index (χ3n) is 12.2. The van der Waals surface area contributed by atoms with Crippen LogP contribution >= 0.6 is 0 Å². The number of nitrogens with one attached hydrogen (secondary N) is 4. The van der Waals surface area contributed by atoms with Gasteiger partial charge in [-0.3, -0.25) is 9.59 Å². The van der Waals surface area contributed by atoms with Crippen molar-refractivity contribution in [2.45, 2.75) is 82.7 Å². The molecule has 0 unspecified atom stereocenters. The highest BCUT2D eigenvalue weighted by atomic mass is 16.5. The van der Waals surface area contributed by atoms with Crippen LogP contribution in [0.3, 0.4) is 0 Å². The SMILES string of the molecule is COC(=O)[C@@H](NC(=O)c1cc2ccccc2cc1N)C1CCCCC1.COC(=O)[C@@H](NC(=O)c1cc2ccccc2cc1NC(=O)Nc1ccc2c(c1)CCO2)C1CCCCC1. The summed E-state index contributed by atoms with van der Waals surface area (Å²) in [6, 6.07) is 26.1. The molecule has 62 heavy (non-hydrogen) atoms. The number of amides is 4. The molecule has 2 aliphatic carbocycles. The molecule has 13 nitrogen and oxygen atoms in total. The summed E-state index contributed by atoms with van der Waals surface area (Å²) in [5.74, 6) is -0.632. The zero-order valence-electron chi connectivity index (χ0n) is 35.3. The first-order valence-electron chi connectivity index (χ1n) is 21.5. The van der Waals surface area contributed by atoms with Crippen LogP contribution in [0.25, 0.3) is 21.5 Å². The molecule has 4 amide bonds. The fourth-order valence-electron chi connectivity index (χ4n) is 8.90. The Bertz CT molecular complexity index is 2440. The van der Waals surface area contributed by atoms with Crippen molar-refractivity contribution in [3.8, 4) is 5.75 Å². The van der Waals surface area contributed by atoms with Gasteiger partial charge < -0.3 is 41.2 Å². The van der Waals surface area contributed by atoms with Crippen LogP contribution in [0.5, 0.6) is 5.75 Å². The molecule has 0 radical (unpaired) electrons. The van der Waals surface area contributed by atoms with Gasteiger partial charge in [-0.15, -0.1) is 0 Å². The van der Waals surface area contributed by atoms with E-state index in [2.05, 4.69) is 21.3 Å². The van der Waals surface area contributed by atoms with Crippen molar-refractivity contribution in [3.05, 3.63) is 108 Å². The second kappa shape index (κ2) is 20.3. The zero-order valence-corrected chi connectivity index (χ0v) is 35.3. The molecule has 324 valence electrons. The van der Waals surface area contributed by atoms with Crippen LogP contribution in [-0.2, 0) is 25.5 Å². The fourth-order valence-corrected chi connectivity index (χ4v) is 8.90. The third kappa shape index (κ3) is 10.4. The summed E-state index contributed by atoms with van der Waals surface area (Å²) in [7, 11) is 2.69. The molecule has 0 aromatic heterocycles. The molecule has 5 aromatic rings. The molecule has 1 heterocycles. The minimum atomic E-state index is -0.737. The number of anilines is 3. The van der Waals surface area contributed by atoms with E-state index in [1.165, 1.54) is 20.6 Å². The van der Waals surface area contributed by atoms with Crippen LogP contribution in [0.4, 0.5) is 21.9 Å². The Morgan fingerprint density at radius 3 is 1.66 bits per heavy atom. The summed E-state index contributed by atoms with van der Waals surface area (Å²) in [5.41, 5.74) is 9.18. The van der Waals surface area contributed by atoms with Gasteiger partial charge in [0.1, 0.15) is 17.8 Å². The predicted octanol–water partition coefficient (Wildman–Crippen LogP) is 8.54. The number of carbonyl (C=O) groups is 5. The van der Waals surface area contributed by atoms with E-state index in [1.54, 1.807) is 30.3 Å². The highest BCUT2D eigenvalue weighted by Crippen LogP contribution is 2.32. The quantitative estimate of drug-likeness (QED) is 0.0679. The van der Waals surface area contributed by atoms with Gasteiger partial charge in [0.05, 0.1) is 37.6 Å². The molecule has 0 saturated heterocycles. The number of hydrogen-bond acceptors (Lipinski definition) is 9. The number of carbonyl (C=O) groups excluding carboxylic acids is 5. The zero-order chi connectivity index (χ0) is 43.6. The topological polar surface area (TPSA) is 187 Å². The van der Waals surface area contributed by atoms with Crippen LogP contribution < -0.4 is 31.7 Å². The molecule has 8 rings (SSSR count). The highest BCUT2D eigenvalue weighted by Gasteiger charge is 2.34. The van der Waals surface area contributed by atoms with Gasteiger partial charge in [0.15, 0.2) is 0 Å². The van der Waals surface area contributed by atoms with E-state index in [9.17, 15) is 24.0 Å². The number of ether oxygens (including phenoxy) is 3. The maximum atomic E-state index is 13.5. The van der Waals surface area contributed by atoms with E-state index in [0.717, 1.165) is 97.1 Å². The maximum absolute atomic E-state index is 13.5. The molecule has 5 aromatic carbocycles. The molecular weight excluding hydrogens is 787 g/mol. The Morgan fingerprint density at radius 2 is 1.11 bits per heavy atom. The highest BCUT2D eigenvalue weighted by molar-refractivity contribution is 6.10. The van der Waals surface area contributed by atoms with Gasteiger partial charge in [-0.1, -0.05) is 87.1 Å². The van der Waals surface area contributed by atoms with E-state index in [-0.39, 0.29) is 29.3 Å². The van der Waals surface area contributed by atoms with E-state index < -0.39 is 30.0 Å². The number of benzene rings is 5. The normalized spacial score (nSPS) is 16.0. The molecular formula is C49H55N5O8. The van der Waals surface area contributed by atoms with Crippen molar-refractivity contribution < 1.29 is 38.2 Å². The molecule has 13 heteroatoms. The minimum absolute atomic E-state index is 0.0223. The molecule has 3 aliphatic rings. The lowest BCUT2D eigenvalue weighted by atomic mass is 9.83. The van der Waals surface area contributed by atoms with E-state index in [0.29, 0.717) is 29.2 Å². The van der Waals surface area contributed by atoms with E-state index in [1.807, 2.05) is 60.7 Å². The van der Waals surface area contributed by atoms with Gasteiger partial charge in [0, 0.05) is 17.8 Å². The van der Waals surface area contributed by atoms with E-state index >= 15 is 0 Å². The first-order valence-corrected chi connectivity index (χ1v) is 21.5. The number of nitrogen functional groups attached to an aromatic ring is 1. The standard InChI is InChI=1S/C29H31N3O5.C20H24N2O3/c1-36-28(34)26(18-7-3-2-4-8-18)32-27(33)23-16-19-9-5-6-10-20(19)17-24(23)31-29(35)30-22-11-12-25-21(15-22)13-14-37-25;1-25-20(24)18(13-7-3-2-4-8-13)22-19(23)16-11-14-9-5-6-10-15(14)12-17(16)21/h5-6,9-12,15-18,26H,2-4,7-8,13-14H2,1H3,(H,32,33)(H2,30,31,35);5-6,9-13,18H,2-4,7-8,21H2,1H3,(H,22,23)/t26-;18-/m00/s1. The van der Waals surface area contributed by atoms with Crippen LogP contribution in [0.15, 0.2) is 91.0 Å². The lowest BCUT2D eigenvalue weighted by Gasteiger charge is -2.29. The first-order chi connectivity index (χ1) is 30.1. The number of methoxy groups -OCH3 is 2. The summed E-state index contributed by atoms with van der Waals surface area (Å²) in [5, 5.41) is 15.1. The summed E-state index contributed by atoms with van der Waals surface area (Å²) in [6.45, 7) is 0.633. The summed E-state index contributed by atoms with van der Waals surface area (Å²) >= 11 is 0. The lowest BCUT2D eigenvalue weighted by Crippen LogP contribution is -2.47. The molecule has 2 fully saturated rings. The van der Waals surface area contributed by atoms with Crippen LogP contribution in [0.2, 0.25) is 0 Å². The number of urea groups is 1. The maximum Gasteiger partial charge on any atom is 0.328 e. The fraction of sp³-hybridized carbons (Fsp3) is 0.367. The van der Waals surface area contributed by atoms with Crippen LogP contribution in [-0.4, -0.2) is 62.7 Å². The van der Waals surface area contributed by atoms with Crippen molar-refractivity contribution in [1.82, 2.24) is 10.6 Å². The average molecular weight is 842 g/mol.